The summed E-state index contributed by atoms with van der Waals surface area (Å²) in [5, 5.41) is 0.912. The maximum absolute atomic E-state index is 5.98. The smallest absolute Gasteiger partial charge is 0.325 e. The summed E-state index contributed by atoms with van der Waals surface area (Å²) in [6.07, 6.45) is 1.53. The zero-order chi connectivity index (χ0) is 13.1. The van der Waals surface area contributed by atoms with Gasteiger partial charge in [0.1, 0.15) is 5.75 Å². The minimum absolute atomic E-state index is 0.138. The van der Waals surface area contributed by atoms with E-state index in [0.29, 0.717) is 26.1 Å². The quantitative estimate of drug-likeness (QED) is 0.826. The van der Waals surface area contributed by atoms with Gasteiger partial charge in [-0.25, -0.2) is 4.98 Å². The number of rotatable bonds is 3. The highest BCUT2D eigenvalue weighted by atomic mass is 79.9. The van der Waals surface area contributed by atoms with Crippen LogP contribution in [0.4, 0.5) is 0 Å². The van der Waals surface area contributed by atoms with Gasteiger partial charge in [-0.1, -0.05) is 23.2 Å². The van der Waals surface area contributed by atoms with Crippen LogP contribution in [0.2, 0.25) is 10.0 Å². The molecule has 0 aliphatic rings. The molecule has 0 unspecified atom stereocenters. The molecule has 0 saturated carbocycles. The molecule has 0 amide bonds. The van der Waals surface area contributed by atoms with E-state index in [-0.39, 0.29) is 6.01 Å². The molecule has 18 heavy (non-hydrogen) atoms. The van der Waals surface area contributed by atoms with Crippen LogP contribution >= 0.6 is 39.1 Å². The summed E-state index contributed by atoms with van der Waals surface area (Å²) in [5.74, 6) is 0.801. The van der Waals surface area contributed by atoms with Gasteiger partial charge in [0, 0.05) is 5.02 Å². The number of ether oxygens (including phenoxy) is 2. The Morgan fingerprint density at radius 2 is 2.06 bits per heavy atom. The molecule has 0 bridgehead atoms. The van der Waals surface area contributed by atoms with Crippen molar-refractivity contribution in [1.82, 2.24) is 9.97 Å². The molecule has 0 radical (unpaired) electrons. The second-order valence-electron chi connectivity index (χ2n) is 3.19. The predicted molar refractivity (Wildman–Crippen MR) is 72.8 cm³/mol. The number of benzene rings is 1. The van der Waals surface area contributed by atoms with Crippen LogP contribution < -0.4 is 9.47 Å². The highest BCUT2D eigenvalue weighted by Gasteiger charge is 2.09. The van der Waals surface area contributed by atoms with E-state index in [1.165, 1.54) is 13.3 Å². The molecule has 0 saturated heterocycles. The Hall–Kier alpha value is -1.04. The van der Waals surface area contributed by atoms with E-state index in [0.717, 1.165) is 0 Å². The minimum Gasteiger partial charge on any atom is -0.480 e. The van der Waals surface area contributed by atoms with Gasteiger partial charge >= 0.3 is 6.01 Å². The van der Waals surface area contributed by atoms with Crippen LogP contribution in [0.5, 0.6) is 17.6 Å². The molecule has 1 heterocycles. The number of hydrogen-bond donors (Lipinski definition) is 0. The standard InChI is InChI=1S/C11H7BrCl2N2O2/c1-17-10-7(12)5-15-11(16-10)18-9-3-2-6(13)4-8(9)14/h2-5H,1H3. The normalized spacial score (nSPS) is 10.2. The summed E-state index contributed by atoms with van der Waals surface area (Å²) >= 11 is 15.0. The fourth-order valence-corrected chi connectivity index (χ4v) is 1.98. The molecular formula is C11H7BrCl2N2O2. The number of halogens is 3. The Bertz CT molecular complexity index is 581. The van der Waals surface area contributed by atoms with Crippen molar-refractivity contribution in [3.63, 3.8) is 0 Å². The van der Waals surface area contributed by atoms with Crippen LogP contribution in [0.15, 0.2) is 28.9 Å². The van der Waals surface area contributed by atoms with E-state index in [1.54, 1.807) is 18.2 Å². The predicted octanol–water partition coefficient (Wildman–Crippen LogP) is 4.35. The van der Waals surface area contributed by atoms with Crippen LogP contribution in [-0.4, -0.2) is 17.1 Å². The third-order valence-electron chi connectivity index (χ3n) is 1.98. The molecule has 7 heteroatoms. The first-order chi connectivity index (χ1) is 8.60. The molecule has 94 valence electrons. The van der Waals surface area contributed by atoms with Crippen molar-refractivity contribution in [2.24, 2.45) is 0 Å². The Labute approximate surface area is 122 Å². The van der Waals surface area contributed by atoms with Crippen molar-refractivity contribution < 1.29 is 9.47 Å². The summed E-state index contributed by atoms with van der Waals surface area (Å²) in [6.45, 7) is 0. The largest absolute Gasteiger partial charge is 0.480 e. The summed E-state index contributed by atoms with van der Waals surface area (Å²) in [5.41, 5.74) is 0. The first-order valence-electron chi connectivity index (χ1n) is 4.79. The zero-order valence-corrected chi connectivity index (χ0v) is 12.3. The van der Waals surface area contributed by atoms with E-state index < -0.39 is 0 Å². The van der Waals surface area contributed by atoms with Crippen molar-refractivity contribution in [2.45, 2.75) is 0 Å². The van der Waals surface area contributed by atoms with Crippen LogP contribution in [0.3, 0.4) is 0 Å². The first-order valence-corrected chi connectivity index (χ1v) is 6.34. The maximum atomic E-state index is 5.98. The van der Waals surface area contributed by atoms with E-state index in [2.05, 4.69) is 25.9 Å². The first kappa shape index (κ1) is 13.4. The Balaban J connectivity index is 2.28. The van der Waals surface area contributed by atoms with Crippen LogP contribution in [0.25, 0.3) is 0 Å². The van der Waals surface area contributed by atoms with Crippen molar-refractivity contribution in [2.75, 3.05) is 7.11 Å². The highest BCUT2D eigenvalue weighted by molar-refractivity contribution is 9.10. The Morgan fingerprint density at radius 3 is 2.72 bits per heavy atom. The van der Waals surface area contributed by atoms with E-state index in [9.17, 15) is 0 Å². The third kappa shape index (κ3) is 3.04. The van der Waals surface area contributed by atoms with Crippen molar-refractivity contribution in [1.29, 1.82) is 0 Å². The number of methoxy groups -OCH3 is 1. The number of nitrogens with zero attached hydrogens (tertiary/aromatic N) is 2. The molecule has 0 aliphatic carbocycles. The van der Waals surface area contributed by atoms with Crippen molar-refractivity contribution >= 4 is 39.1 Å². The SMILES string of the molecule is COc1nc(Oc2ccc(Cl)cc2Cl)ncc1Br. The fraction of sp³-hybridized carbons (Fsp3) is 0.0909. The lowest BCUT2D eigenvalue weighted by molar-refractivity contribution is 0.373. The Kier molecular flexibility index (Phi) is 4.27. The molecular weight excluding hydrogens is 343 g/mol. The van der Waals surface area contributed by atoms with Gasteiger partial charge in [0.05, 0.1) is 22.8 Å². The van der Waals surface area contributed by atoms with Crippen LogP contribution in [0, 0.1) is 0 Å². The van der Waals surface area contributed by atoms with Gasteiger partial charge in [0.25, 0.3) is 0 Å². The summed E-state index contributed by atoms with van der Waals surface area (Å²) < 4.78 is 11.1. The molecule has 0 N–H and O–H groups in total. The summed E-state index contributed by atoms with van der Waals surface area (Å²) in [7, 11) is 1.51. The third-order valence-corrected chi connectivity index (χ3v) is 3.05. The molecule has 0 fully saturated rings. The van der Waals surface area contributed by atoms with Crippen molar-refractivity contribution in [3.8, 4) is 17.6 Å². The van der Waals surface area contributed by atoms with E-state index >= 15 is 0 Å². The van der Waals surface area contributed by atoms with Crippen LogP contribution in [-0.2, 0) is 0 Å². The molecule has 4 nitrogen and oxygen atoms in total. The van der Waals surface area contributed by atoms with Crippen LogP contribution in [0.1, 0.15) is 0 Å². The average Bonchev–Trinajstić information content (AvgIpc) is 2.35. The zero-order valence-electron chi connectivity index (χ0n) is 9.15. The Morgan fingerprint density at radius 1 is 1.28 bits per heavy atom. The molecule has 0 aliphatic heterocycles. The van der Waals surface area contributed by atoms with Gasteiger partial charge in [0.2, 0.25) is 5.88 Å². The van der Waals surface area contributed by atoms with Gasteiger partial charge in [-0.2, -0.15) is 4.98 Å². The molecule has 2 rings (SSSR count). The van der Waals surface area contributed by atoms with E-state index in [4.69, 9.17) is 32.7 Å². The second kappa shape index (κ2) is 5.73. The molecule has 0 spiro atoms. The van der Waals surface area contributed by atoms with Gasteiger partial charge in [-0.05, 0) is 34.1 Å². The fourth-order valence-electron chi connectivity index (χ4n) is 1.18. The van der Waals surface area contributed by atoms with Gasteiger partial charge in [-0.3, -0.25) is 0 Å². The maximum Gasteiger partial charge on any atom is 0.325 e. The lowest BCUT2D eigenvalue weighted by Gasteiger charge is -2.07. The number of hydrogen-bond acceptors (Lipinski definition) is 4. The van der Waals surface area contributed by atoms with E-state index in [1.807, 2.05) is 0 Å². The van der Waals surface area contributed by atoms with Gasteiger partial charge in [0.15, 0.2) is 0 Å². The minimum atomic E-state index is 0.138. The molecule has 1 aromatic heterocycles. The molecule has 1 aromatic carbocycles. The van der Waals surface area contributed by atoms with Gasteiger partial charge < -0.3 is 9.47 Å². The second-order valence-corrected chi connectivity index (χ2v) is 4.88. The molecule has 2 aromatic rings. The highest BCUT2D eigenvalue weighted by Crippen LogP contribution is 2.31. The summed E-state index contributed by atoms with van der Waals surface area (Å²) in [4.78, 5) is 8.05. The number of aromatic nitrogens is 2. The molecule has 0 atom stereocenters. The monoisotopic (exact) mass is 348 g/mol. The average molecular weight is 350 g/mol. The lowest BCUT2D eigenvalue weighted by Crippen LogP contribution is -1.96. The lowest BCUT2D eigenvalue weighted by atomic mass is 10.3. The summed E-state index contributed by atoms with van der Waals surface area (Å²) in [6, 6.07) is 5.02. The topological polar surface area (TPSA) is 44.2 Å². The van der Waals surface area contributed by atoms with Crippen molar-refractivity contribution in [3.05, 3.63) is 38.9 Å². The van der Waals surface area contributed by atoms with Gasteiger partial charge in [-0.15, -0.1) is 0 Å².